The van der Waals surface area contributed by atoms with E-state index in [1.807, 2.05) is 32.9 Å². The summed E-state index contributed by atoms with van der Waals surface area (Å²) >= 11 is 11.8. The Morgan fingerprint density at radius 2 is 2.07 bits per heavy atom. The molecule has 0 atom stereocenters. The van der Waals surface area contributed by atoms with Crippen molar-refractivity contribution in [2.24, 2.45) is 7.05 Å². The Morgan fingerprint density at radius 3 is 2.72 bits per heavy atom. The first-order chi connectivity index (χ1) is 13.6. The maximum absolute atomic E-state index is 12.5. The van der Waals surface area contributed by atoms with Gasteiger partial charge in [0.05, 0.1) is 22.0 Å². The van der Waals surface area contributed by atoms with Crippen LogP contribution in [0.4, 0.5) is 4.79 Å². The molecular weight excluding hydrogens is 474 g/mol. The molecule has 8 heteroatoms. The number of amides is 1. The van der Waals surface area contributed by atoms with Gasteiger partial charge < -0.3 is 14.2 Å². The number of carbonyl (C=O) groups excluding carboxylic acids is 1. The standard InChI is InChI=1S/C21H25BrClN3O2S/c1-20(2,3)28-19(27)26-11-8-15-14(12-26)24-18(25(15)4)21(9-10-21)29-16-7-5-6-13(22)17(16)23/h5-7H,8-12H2,1-4H3. The van der Waals surface area contributed by atoms with Crippen molar-refractivity contribution in [2.75, 3.05) is 6.54 Å². The maximum atomic E-state index is 12.5. The molecule has 0 unspecified atom stereocenters. The number of imidazole rings is 1. The van der Waals surface area contributed by atoms with E-state index < -0.39 is 5.60 Å². The van der Waals surface area contributed by atoms with Crippen LogP contribution in [0.15, 0.2) is 27.6 Å². The van der Waals surface area contributed by atoms with E-state index in [-0.39, 0.29) is 10.8 Å². The SMILES string of the molecule is Cn1c(C2(Sc3cccc(Br)c3Cl)CC2)nc2c1CCN(C(=O)OC(C)(C)C)C2. The molecule has 1 aromatic heterocycles. The normalized spacial score (nSPS) is 17.8. The van der Waals surface area contributed by atoms with Crippen LogP contribution in [0.2, 0.25) is 5.02 Å². The third-order valence-electron chi connectivity index (χ3n) is 5.24. The average Bonchev–Trinajstić information content (AvgIpc) is 3.34. The summed E-state index contributed by atoms with van der Waals surface area (Å²) in [6, 6.07) is 6.03. The van der Waals surface area contributed by atoms with Crippen molar-refractivity contribution in [3.63, 3.8) is 0 Å². The molecule has 0 bridgehead atoms. The van der Waals surface area contributed by atoms with Crippen molar-refractivity contribution >= 4 is 45.4 Å². The number of hydrogen-bond donors (Lipinski definition) is 0. The second-order valence-electron chi connectivity index (χ2n) is 8.69. The third-order valence-corrected chi connectivity index (χ3v) is 8.19. The number of benzene rings is 1. The van der Waals surface area contributed by atoms with Gasteiger partial charge in [-0.1, -0.05) is 17.7 Å². The molecular formula is C21H25BrClN3O2S. The van der Waals surface area contributed by atoms with Gasteiger partial charge in [0.15, 0.2) is 0 Å². The van der Waals surface area contributed by atoms with Crippen LogP contribution in [0.5, 0.6) is 0 Å². The molecule has 1 aromatic carbocycles. The van der Waals surface area contributed by atoms with E-state index in [0.29, 0.717) is 13.1 Å². The monoisotopic (exact) mass is 497 g/mol. The molecule has 0 saturated heterocycles. The van der Waals surface area contributed by atoms with Gasteiger partial charge in [0, 0.05) is 35.1 Å². The fraction of sp³-hybridized carbons (Fsp3) is 0.524. The van der Waals surface area contributed by atoms with Crippen LogP contribution in [0, 0.1) is 0 Å². The lowest BCUT2D eigenvalue weighted by Crippen LogP contribution is -2.40. The molecule has 2 heterocycles. The molecule has 1 saturated carbocycles. The molecule has 1 aliphatic carbocycles. The van der Waals surface area contributed by atoms with Gasteiger partial charge in [0.1, 0.15) is 11.4 Å². The zero-order chi connectivity index (χ0) is 21.0. The molecule has 29 heavy (non-hydrogen) atoms. The summed E-state index contributed by atoms with van der Waals surface area (Å²) in [5.74, 6) is 1.08. The fourth-order valence-electron chi connectivity index (χ4n) is 3.68. The zero-order valence-electron chi connectivity index (χ0n) is 17.1. The Kier molecular flexibility index (Phi) is 5.45. The Morgan fingerprint density at radius 1 is 1.34 bits per heavy atom. The van der Waals surface area contributed by atoms with Gasteiger partial charge in [0.25, 0.3) is 0 Å². The Labute approximate surface area is 189 Å². The highest BCUT2D eigenvalue weighted by Gasteiger charge is 2.50. The summed E-state index contributed by atoms with van der Waals surface area (Å²) in [7, 11) is 2.09. The van der Waals surface area contributed by atoms with Crippen molar-refractivity contribution in [3.05, 3.63) is 44.9 Å². The lowest BCUT2D eigenvalue weighted by atomic mass is 10.1. The van der Waals surface area contributed by atoms with Crippen molar-refractivity contribution in [1.29, 1.82) is 0 Å². The molecule has 5 nitrogen and oxygen atoms in total. The zero-order valence-corrected chi connectivity index (χ0v) is 20.2. The molecule has 0 N–H and O–H groups in total. The summed E-state index contributed by atoms with van der Waals surface area (Å²) in [5, 5.41) is 0.749. The molecule has 4 rings (SSSR count). The number of thioether (sulfide) groups is 1. The van der Waals surface area contributed by atoms with E-state index in [9.17, 15) is 4.79 Å². The Bertz CT molecular complexity index is 966. The smallest absolute Gasteiger partial charge is 0.410 e. The van der Waals surface area contributed by atoms with Gasteiger partial charge in [-0.3, -0.25) is 0 Å². The number of ether oxygens (including phenoxy) is 1. The molecule has 2 aromatic rings. The highest BCUT2D eigenvalue weighted by molar-refractivity contribution is 9.10. The van der Waals surface area contributed by atoms with Crippen LogP contribution in [0.1, 0.15) is 50.8 Å². The van der Waals surface area contributed by atoms with Gasteiger partial charge in [-0.25, -0.2) is 9.78 Å². The largest absolute Gasteiger partial charge is 0.444 e. The first-order valence-electron chi connectivity index (χ1n) is 9.75. The predicted molar refractivity (Wildman–Crippen MR) is 119 cm³/mol. The highest BCUT2D eigenvalue weighted by atomic mass is 79.9. The van der Waals surface area contributed by atoms with Gasteiger partial charge in [-0.05, 0) is 61.7 Å². The number of aromatic nitrogens is 2. The predicted octanol–water partition coefficient (Wildman–Crippen LogP) is 5.91. The molecule has 156 valence electrons. The van der Waals surface area contributed by atoms with Gasteiger partial charge in [-0.2, -0.15) is 0 Å². The Balaban J connectivity index is 1.57. The van der Waals surface area contributed by atoms with E-state index >= 15 is 0 Å². The van der Waals surface area contributed by atoms with Gasteiger partial charge >= 0.3 is 6.09 Å². The van der Waals surface area contributed by atoms with Crippen LogP contribution < -0.4 is 0 Å². The number of nitrogens with zero attached hydrogens (tertiary/aromatic N) is 3. The summed E-state index contributed by atoms with van der Waals surface area (Å²) < 4.78 is 8.63. The quantitative estimate of drug-likeness (QED) is 0.528. The van der Waals surface area contributed by atoms with Crippen molar-refractivity contribution in [2.45, 2.75) is 61.8 Å². The minimum Gasteiger partial charge on any atom is -0.444 e. The minimum absolute atomic E-state index is 0.0483. The second kappa shape index (κ2) is 7.50. The summed E-state index contributed by atoms with van der Waals surface area (Å²) in [5.41, 5.74) is 1.70. The first kappa shape index (κ1) is 21.1. The van der Waals surface area contributed by atoms with E-state index in [1.165, 1.54) is 5.69 Å². The van der Waals surface area contributed by atoms with Gasteiger partial charge in [-0.15, -0.1) is 11.8 Å². The summed E-state index contributed by atoms with van der Waals surface area (Å²) in [6.45, 7) is 6.82. The van der Waals surface area contributed by atoms with Crippen molar-refractivity contribution < 1.29 is 9.53 Å². The van der Waals surface area contributed by atoms with Gasteiger partial charge in [0.2, 0.25) is 0 Å². The third kappa shape index (κ3) is 4.19. The first-order valence-corrected chi connectivity index (χ1v) is 11.7. The summed E-state index contributed by atoms with van der Waals surface area (Å²) in [6.07, 6.45) is 2.66. The van der Waals surface area contributed by atoms with Crippen LogP contribution in [-0.4, -0.2) is 32.7 Å². The van der Waals surface area contributed by atoms with Crippen LogP contribution in [0.3, 0.4) is 0 Å². The van der Waals surface area contributed by atoms with E-state index in [2.05, 4.69) is 33.6 Å². The van der Waals surface area contributed by atoms with E-state index in [4.69, 9.17) is 21.3 Å². The number of halogens is 2. The van der Waals surface area contributed by atoms with Crippen molar-refractivity contribution in [1.82, 2.24) is 14.5 Å². The molecule has 1 fully saturated rings. The average molecular weight is 499 g/mol. The fourth-order valence-corrected chi connectivity index (χ4v) is 5.76. The van der Waals surface area contributed by atoms with Crippen LogP contribution >= 0.6 is 39.3 Å². The van der Waals surface area contributed by atoms with Crippen molar-refractivity contribution in [3.8, 4) is 0 Å². The number of rotatable bonds is 3. The number of carbonyl (C=O) groups is 1. The molecule has 0 spiro atoms. The molecule has 0 radical (unpaired) electrons. The molecule has 1 amide bonds. The molecule has 1 aliphatic heterocycles. The maximum Gasteiger partial charge on any atom is 0.410 e. The highest BCUT2D eigenvalue weighted by Crippen LogP contribution is 2.60. The van der Waals surface area contributed by atoms with E-state index in [1.54, 1.807) is 16.7 Å². The second-order valence-corrected chi connectivity index (χ2v) is 11.3. The summed E-state index contributed by atoms with van der Waals surface area (Å²) in [4.78, 5) is 20.3. The lowest BCUT2D eigenvalue weighted by molar-refractivity contribution is 0.0220. The van der Waals surface area contributed by atoms with E-state index in [0.717, 1.165) is 45.2 Å². The molecule has 2 aliphatic rings. The topological polar surface area (TPSA) is 47.4 Å². The number of fused-ring (bicyclic) bond motifs is 1. The van der Waals surface area contributed by atoms with Crippen LogP contribution in [0.25, 0.3) is 0 Å². The number of hydrogen-bond acceptors (Lipinski definition) is 4. The minimum atomic E-state index is -0.495. The Hall–Kier alpha value is -1.18. The van der Waals surface area contributed by atoms with Crippen LogP contribution in [-0.2, 0) is 29.5 Å². The lowest BCUT2D eigenvalue weighted by Gasteiger charge is -2.29.